The van der Waals surface area contributed by atoms with E-state index in [1.54, 1.807) is 6.92 Å². The van der Waals surface area contributed by atoms with E-state index in [9.17, 15) is 4.79 Å². The third kappa shape index (κ3) is 3.44. The molecule has 0 spiro atoms. The third-order valence-electron chi connectivity index (χ3n) is 3.80. The van der Waals surface area contributed by atoms with Crippen molar-refractivity contribution in [1.82, 2.24) is 4.90 Å². The highest BCUT2D eigenvalue weighted by molar-refractivity contribution is 5.87. The Labute approximate surface area is 127 Å². The quantitative estimate of drug-likeness (QED) is 0.909. The van der Waals surface area contributed by atoms with Crippen LogP contribution in [0.15, 0.2) is 30.3 Å². The number of morpholine rings is 1. The average Bonchev–Trinajstić information content (AvgIpc) is 2.35. The van der Waals surface area contributed by atoms with E-state index in [-0.39, 0.29) is 17.1 Å². The molecule has 1 fully saturated rings. The highest BCUT2D eigenvalue weighted by Crippen LogP contribution is 2.31. The number of hydrogen-bond donors (Lipinski definition) is 1. The third-order valence-corrected chi connectivity index (χ3v) is 3.80. The maximum Gasteiger partial charge on any atom is 0.247 e. The highest BCUT2D eigenvalue weighted by atomic mass is 16.5. The van der Waals surface area contributed by atoms with Crippen LogP contribution in [0.2, 0.25) is 0 Å². The van der Waals surface area contributed by atoms with Crippen molar-refractivity contribution in [3.8, 4) is 0 Å². The summed E-state index contributed by atoms with van der Waals surface area (Å²) in [5.74, 6) is -0.0573. The molecule has 1 atom stereocenters. The lowest BCUT2D eigenvalue weighted by Crippen LogP contribution is -2.63. The SMILES string of the molecule is CC1(C)CN(C(=O)C(C)(N)c2ccccc2)CC(C)(C)O1. The van der Waals surface area contributed by atoms with E-state index in [1.165, 1.54) is 0 Å². The normalized spacial score (nSPS) is 23.4. The van der Waals surface area contributed by atoms with Gasteiger partial charge in [0, 0.05) is 13.1 Å². The summed E-state index contributed by atoms with van der Waals surface area (Å²) >= 11 is 0. The van der Waals surface area contributed by atoms with Crippen LogP contribution in [0.4, 0.5) is 0 Å². The summed E-state index contributed by atoms with van der Waals surface area (Å²) in [5, 5.41) is 0. The lowest BCUT2D eigenvalue weighted by Gasteiger charge is -2.48. The van der Waals surface area contributed by atoms with Gasteiger partial charge in [0.25, 0.3) is 0 Å². The van der Waals surface area contributed by atoms with Gasteiger partial charge in [0.05, 0.1) is 11.2 Å². The molecule has 1 amide bonds. The zero-order chi connectivity index (χ0) is 15.9. The van der Waals surface area contributed by atoms with E-state index in [0.717, 1.165) is 5.56 Å². The van der Waals surface area contributed by atoms with Crippen molar-refractivity contribution < 1.29 is 9.53 Å². The van der Waals surface area contributed by atoms with Gasteiger partial charge in [-0.25, -0.2) is 0 Å². The Hall–Kier alpha value is -1.39. The molecule has 0 aliphatic carbocycles. The molecule has 0 radical (unpaired) electrons. The van der Waals surface area contributed by atoms with Crippen molar-refractivity contribution in [3.63, 3.8) is 0 Å². The Bertz CT molecular complexity index is 505. The van der Waals surface area contributed by atoms with Gasteiger partial charge in [0.2, 0.25) is 5.91 Å². The lowest BCUT2D eigenvalue weighted by molar-refractivity contribution is -0.190. The molecule has 1 aliphatic heterocycles. The molecule has 4 nitrogen and oxygen atoms in total. The van der Waals surface area contributed by atoms with E-state index in [1.807, 2.05) is 62.9 Å². The first kappa shape index (κ1) is 16.0. The fourth-order valence-electron chi connectivity index (χ4n) is 3.17. The molecule has 4 heteroatoms. The van der Waals surface area contributed by atoms with Crippen LogP contribution in [0.5, 0.6) is 0 Å². The van der Waals surface area contributed by atoms with Gasteiger partial charge in [-0.1, -0.05) is 30.3 Å². The first-order valence-corrected chi connectivity index (χ1v) is 7.37. The molecule has 0 aromatic heterocycles. The number of amides is 1. The molecule has 116 valence electrons. The second kappa shape index (κ2) is 5.11. The summed E-state index contributed by atoms with van der Waals surface area (Å²) in [6, 6.07) is 9.52. The van der Waals surface area contributed by atoms with Gasteiger partial charge < -0.3 is 15.4 Å². The summed E-state index contributed by atoms with van der Waals surface area (Å²) in [6.45, 7) is 10.9. The molecule has 1 saturated heterocycles. The molecule has 1 aliphatic rings. The number of hydrogen-bond acceptors (Lipinski definition) is 3. The molecule has 1 heterocycles. The van der Waals surface area contributed by atoms with Crippen molar-refractivity contribution in [2.75, 3.05) is 13.1 Å². The predicted octanol–water partition coefficient (Wildman–Crippen LogP) is 2.28. The number of ether oxygens (including phenoxy) is 1. The van der Waals surface area contributed by atoms with Crippen molar-refractivity contribution in [3.05, 3.63) is 35.9 Å². The Morgan fingerprint density at radius 1 is 1.14 bits per heavy atom. The van der Waals surface area contributed by atoms with Crippen LogP contribution in [0, 0.1) is 0 Å². The van der Waals surface area contributed by atoms with Gasteiger partial charge in [0.1, 0.15) is 5.54 Å². The summed E-state index contributed by atoms with van der Waals surface area (Å²) in [5.41, 5.74) is 5.42. The zero-order valence-corrected chi connectivity index (χ0v) is 13.6. The van der Waals surface area contributed by atoms with Crippen molar-refractivity contribution in [1.29, 1.82) is 0 Å². The monoisotopic (exact) mass is 290 g/mol. The lowest BCUT2D eigenvalue weighted by atomic mass is 9.89. The van der Waals surface area contributed by atoms with E-state index >= 15 is 0 Å². The maximum absolute atomic E-state index is 12.9. The van der Waals surface area contributed by atoms with Crippen LogP contribution in [0.25, 0.3) is 0 Å². The van der Waals surface area contributed by atoms with Crippen LogP contribution in [-0.2, 0) is 15.1 Å². The van der Waals surface area contributed by atoms with Crippen LogP contribution in [0.3, 0.4) is 0 Å². The molecular formula is C17H26N2O2. The molecule has 2 rings (SSSR count). The van der Waals surface area contributed by atoms with Crippen molar-refractivity contribution in [2.24, 2.45) is 5.73 Å². The fourth-order valence-corrected chi connectivity index (χ4v) is 3.17. The van der Waals surface area contributed by atoms with Crippen molar-refractivity contribution >= 4 is 5.91 Å². The molecule has 0 bridgehead atoms. The number of rotatable bonds is 2. The second-order valence-corrected chi connectivity index (χ2v) is 7.35. The summed E-state index contributed by atoms with van der Waals surface area (Å²) in [6.07, 6.45) is 0. The average molecular weight is 290 g/mol. The minimum Gasteiger partial charge on any atom is -0.366 e. The molecule has 1 aromatic carbocycles. The Kier molecular flexibility index (Phi) is 3.89. The Morgan fingerprint density at radius 2 is 1.62 bits per heavy atom. The number of benzene rings is 1. The van der Waals surface area contributed by atoms with E-state index in [4.69, 9.17) is 10.5 Å². The topological polar surface area (TPSA) is 55.6 Å². The highest BCUT2D eigenvalue weighted by Gasteiger charge is 2.44. The van der Waals surface area contributed by atoms with Crippen LogP contribution in [-0.4, -0.2) is 35.1 Å². The van der Waals surface area contributed by atoms with Crippen LogP contribution in [0.1, 0.15) is 40.2 Å². The van der Waals surface area contributed by atoms with Gasteiger partial charge >= 0.3 is 0 Å². The summed E-state index contributed by atoms with van der Waals surface area (Å²) in [4.78, 5) is 14.8. The maximum atomic E-state index is 12.9. The zero-order valence-electron chi connectivity index (χ0n) is 13.6. The van der Waals surface area contributed by atoms with Crippen LogP contribution < -0.4 is 5.73 Å². The number of nitrogens with two attached hydrogens (primary N) is 1. The van der Waals surface area contributed by atoms with Gasteiger partial charge in [-0.2, -0.15) is 0 Å². The largest absolute Gasteiger partial charge is 0.366 e. The minimum atomic E-state index is -1.02. The van der Waals surface area contributed by atoms with E-state index in [2.05, 4.69) is 0 Å². The van der Waals surface area contributed by atoms with Gasteiger partial charge in [-0.3, -0.25) is 4.79 Å². The first-order chi connectivity index (χ1) is 9.54. The number of nitrogens with zero attached hydrogens (tertiary/aromatic N) is 1. The summed E-state index contributed by atoms with van der Waals surface area (Å²) in [7, 11) is 0. The molecule has 2 N–H and O–H groups in total. The first-order valence-electron chi connectivity index (χ1n) is 7.37. The van der Waals surface area contributed by atoms with E-state index < -0.39 is 5.54 Å². The Balaban J connectivity index is 2.27. The molecule has 0 saturated carbocycles. The standard InChI is InChI=1S/C17H26N2O2/c1-15(2)11-19(12-16(3,4)21-15)14(20)17(5,18)13-9-7-6-8-10-13/h6-10H,11-12,18H2,1-5H3. The second-order valence-electron chi connectivity index (χ2n) is 7.35. The van der Waals surface area contributed by atoms with Gasteiger partial charge in [-0.05, 0) is 40.2 Å². The van der Waals surface area contributed by atoms with Crippen molar-refractivity contribution in [2.45, 2.75) is 51.4 Å². The fraction of sp³-hybridized carbons (Fsp3) is 0.588. The molecular weight excluding hydrogens is 264 g/mol. The summed E-state index contributed by atoms with van der Waals surface area (Å²) < 4.78 is 6.03. The van der Waals surface area contributed by atoms with Gasteiger partial charge in [-0.15, -0.1) is 0 Å². The predicted molar refractivity (Wildman–Crippen MR) is 83.8 cm³/mol. The minimum absolute atomic E-state index is 0.0573. The van der Waals surface area contributed by atoms with Gasteiger partial charge in [0.15, 0.2) is 0 Å². The molecule has 1 unspecified atom stereocenters. The smallest absolute Gasteiger partial charge is 0.247 e. The Morgan fingerprint density at radius 3 is 2.10 bits per heavy atom. The van der Waals surface area contributed by atoms with Crippen LogP contribution >= 0.6 is 0 Å². The molecule has 1 aromatic rings. The molecule has 21 heavy (non-hydrogen) atoms. The van der Waals surface area contributed by atoms with E-state index in [0.29, 0.717) is 13.1 Å². The number of carbonyl (C=O) groups excluding carboxylic acids is 1. The number of carbonyl (C=O) groups is 1.